The van der Waals surface area contributed by atoms with E-state index in [1.54, 1.807) is 6.07 Å². The van der Waals surface area contributed by atoms with Gasteiger partial charge in [0.05, 0.1) is 5.56 Å². The van der Waals surface area contributed by atoms with Gasteiger partial charge in [-0.15, -0.1) is 0 Å². The SMILES string of the molecule is N#Cc1[c]cc(Br)cc1Br. The van der Waals surface area contributed by atoms with Gasteiger partial charge in [-0.1, -0.05) is 15.9 Å². The van der Waals surface area contributed by atoms with Crippen molar-refractivity contribution in [3.05, 3.63) is 32.7 Å². The predicted molar refractivity (Wildman–Crippen MR) is 45.4 cm³/mol. The van der Waals surface area contributed by atoms with Crippen molar-refractivity contribution >= 4 is 31.9 Å². The van der Waals surface area contributed by atoms with E-state index in [0.717, 1.165) is 8.95 Å². The Morgan fingerprint density at radius 2 is 2.20 bits per heavy atom. The normalized spacial score (nSPS) is 8.90. The molecule has 0 aliphatic rings. The molecule has 0 aromatic heterocycles. The molecular weight excluding hydrogens is 258 g/mol. The molecular formula is C7H2Br2N. The maximum Gasteiger partial charge on any atom is 0.101 e. The van der Waals surface area contributed by atoms with Crippen LogP contribution in [0.25, 0.3) is 0 Å². The van der Waals surface area contributed by atoms with Crippen molar-refractivity contribution in [2.24, 2.45) is 0 Å². The molecule has 0 amide bonds. The second kappa shape index (κ2) is 3.18. The third-order valence-corrected chi connectivity index (χ3v) is 2.05. The Balaban J connectivity index is 3.23. The Kier molecular flexibility index (Phi) is 2.47. The molecule has 0 atom stereocenters. The minimum atomic E-state index is 0.531. The summed E-state index contributed by atoms with van der Waals surface area (Å²) in [6.07, 6.45) is 0. The molecule has 1 nitrogen and oxygen atoms in total. The van der Waals surface area contributed by atoms with Crippen LogP contribution in [0.15, 0.2) is 21.1 Å². The first-order valence-corrected chi connectivity index (χ1v) is 4.09. The lowest BCUT2D eigenvalue weighted by atomic mass is 10.2. The van der Waals surface area contributed by atoms with Crippen LogP contribution >= 0.6 is 31.9 Å². The molecule has 0 fully saturated rings. The van der Waals surface area contributed by atoms with Gasteiger partial charge in [0.25, 0.3) is 0 Å². The lowest BCUT2D eigenvalue weighted by Gasteiger charge is -1.92. The summed E-state index contributed by atoms with van der Waals surface area (Å²) in [6.45, 7) is 0. The second-order valence-electron chi connectivity index (χ2n) is 1.65. The molecule has 0 aliphatic carbocycles. The van der Waals surface area contributed by atoms with Gasteiger partial charge in [-0.2, -0.15) is 5.26 Å². The predicted octanol–water partition coefficient (Wildman–Crippen LogP) is 2.88. The Hall–Kier alpha value is -0.330. The highest BCUT2D eigenvalue weighted by atomic mass is 79.9. The van der Waals surface area contributed by atoms with Gasteiger partial charge >= 0.3 is 0 Å². The third-order valence-electron chi connectivity index (χ3n) is 0.970. The first-order chi connectivity index (χ1) is 4.74. The fraction of sp³-hybridized carbons (Fsp3) is 0. The molecule has 0 saturated heterocycles. The molecule has 49 valence electrons. The third kappa shape index (κ3) is 1.59. The van der Waals surface area contributed by atoms with E-state index in [4.69, 9.17) is 5.26 Å². The summed E-state index contributed by atoms with van der Waals surface area (Å²) in [4.78, 5) is 0. The minimum Gasteiger partial charge on any atom is -0.192 e. The zero-order valence-electron chi connectivity index (χ0n) is 4.86. The first-order valence-electron chi connectivity index (χ1n) is 2.51. The minimum absolute atomic E-state index is 0.531. The van der Waals surface area contributed by atoms with E-state index in [1.807, 2.05) is 12.1 Å². The summed E-state index contributed by atoms with van der Waals surface area (Å²) in [5.74, 6) is 0. The Bertz CT molecular complexity index is 288. The largest absolute Gasteiger partial charge is 0.192 e. The second-order valence-corrected chi connectivity index (χ2v) is 3.42. The van der Waals surface area contributed by atoms with E-state index >= 15 is 0 Å². The van der Waals surface area contributed by atoms with Crippen molar-refractivity contribution in [3.63, 3.8) is 0 Å². The number of hydrogen-bond acceptors (Lipinski definition) is 1. The van der Waals surface area contributed by atoms with Gasteiger partial charge in [0, 0.05) is 15.0 Å². The Morgan fingerprint density at radius 3 is 2.70 bits per heavy atom. The van der Waals surface area contributed by atoms with Gasteiger partial charge in [-0.3, -0.25) is 0 Å². The van der Waals surface area contributed by atoms with E-state index in [-0.39, 0.29) is 0 Å². The lowest BCUT2D eigenvalue weighted by molar-refractivity contribution is 1.45. The molecule has 3 heteroatoms. The van der Waals surface area contributed by atoms with Crippen LogP contribution in [0.1, 0.15) is 5.56 Å². The standard InChI is InChI=1S/C7H2Br2N/c8-6-2-1-5(4-10)7(9)3-6/h2-3H. The summed E-state index contributed by atoms with van der Waals surface area (Å²) < 4.78 is 1.68. The fourth-order valence-corrected chi connectivity index (χ4v) is 1.63. The molecule has 0 saturated carbocycles. The van der Waals surface area contributed by atoms with E-state index in [2.05, 4.69) is 37.9 Å². The smallest absolute Gasteiger partial charge is 0.101 e. The van der Waals surface area contributed by atoms with E-state index in [9.17, 15) is 0 Å². The average molecular weight is 260 g/mol. The van der Waals surface area contributed by atoms with Gasteiger partial charge in [0.2, 0.25) is 0 Å². The summed E-state index contributed by atoms with van der Waals surface area (Å²) in [6, 6.07) is 8.33. The molecule has 1 aromatic rings. The van der Waals surface area contributed by atoms with Crippen molar-refractivity contribution in [1.82, 2.24) is 0 Å². The van der Waals surface area contributed by atoms with Crippen molar-refractivity contribution in [1.29, 1.82) is 5.26 Å². The molecule has 0 bridgehead atoms. The van der Waals surface area contributed by atoms with Crippen LogP contribution in [0.2, 0.25) is 0 Å². The Labute approximate surface area is 75.9 Å². The van der Waals surface area contributed by atoms with Crippen LogP contribution in [-0.4, -0.2) is 0 Å². The maximum atomic E-state index is 8.48. The van der Waals surface area contributed by atoms with Crippen LogP contribution < -0.4 is 0 Å². The number of halogens is 2. The number of rotatable bonds is 0. The monoisotopic (exact) mass is 258 g/mol. The molecule has 1 aromatic carbocycles. The molecule has 1 radical (unpaired) electrons. The van der Waals surface area contributed by atoms with Crippen molar-refractivity contribution in [2.75, 3.05) is 0 Å². The molecule has 0 N–H and O–H groups in total. The molecule has 10 heavy (non-hydrogen) atoms. The number of benzene rings is 1. The maximum absolute atomic E-state index is 8.48. The van der Waals surface area contributed by atoms with Crippen LogP contribution in [0.4, 0.5) is 0 Å². The number of hydrogen-bond donors (Lipinski definition) is 0. The van der Waals surface area contributed by atoms with Gasteiger partial charge in [0.1, 0.15) is 6.07 Å². The Morgan fingerprint density at radius 1 is 1.50 bits per heavy atom. The first kappa shape index (κ1) is 7.77. The fourth-order valence-electron chi connectivity index (χ4n) is 0.531. The van der Waals surface area contributed by atoms with Gasteiger partial charge < -0.3 is 0 Å². The van der Waals surface area contributed by atoms with E-state index in [0.29, 0.717) is 5.56 Å². The quantitative estimate of drug-likeness (QED) is 0.703. The summed E-state index contributed by atoms with van der Waals surface area (Å²) in [5, 5.41) is 8.48. The molecule has 0 unspecified atom stereocenters. The number of nitriles is 1. The molecule has 0 heterocycles. The van der Waals surface area contributed by atoms with E-state index in [1.165, 1.54) is 0 Å². The zero-order chi connectivity index (χ0) is 7.56. The van der Waals surface area contributed by atoms with Gasteiger partial charge in [-0.05, 0) is 28.1 Å². The zero-order valence-corrected chi connectivity index (χ0v) is 8.03. The van der Waals surface area contributed by atoms with Gasteiger partial charge in [-0.25, -0.2) is 0 Å². The highest BCUT2D eigenvalue weighted by Crippen LogP contribution is 2.20. The summed E-state index contributed by atoms with van der Waals surface area (Å²) in [7, 11) is 0. The highest BCUT2D eigenvalue weighted by Gasteiger charge is 1.97. The molecule has 0 spiro atoms. The van der Waals surface area contributed by atoms with Crippen molar-refractivity contribution < 1.29 is 0 Å². The van der Waals surface area contributed by atoms with Crippen molar-refractivity contribution in [3.8, 4) is 6.07 Å². The average Bonchev–Trinajstić information content (AvgIpc) is 1.88. The molecule has 0 aliphatic heterocycles. The lowest BCUT2D eigenvalue weighted by Crippen LogP contribution is -1.75. The molecule has 1 rings (SSSR count). The number of nitrogens with zero attached hydrogens (tertiary/aromatic N) is 1. The van der Waals surface area contributed by atoms with Crippen molar-refractivity contribution in [2.45, 2.75) is 0 Å². The van der Waals surface area contributed by atoms with E-state index < -0.39 is 0 Å². The van der Waals surface area contributed by atoms with Crippen LogP contribution in [0, 0.1) is 17.4 Å². The topological polar surface area (TPSA) is 23.8 Å². The summed E-state index contributed by atoms with van der Waals surface area (Å²) in [5.41, 5.74) is 0.531. The van der Waals surface area contributed by atoms with Crippen LogP contribution in [0.5, 0.6) is 0 Å². The summed E-state index contributed by atoms with van der Waals surface area (Å²) >= 11 is 6.48. The van der Waals surface area contributed by atoms with Crippen LogP contribution in [-0.2, 0) is 0 Å². The van der Waals surface area contributed by atoms with Gasteiger partial charge in [0.15, 0.2) is 0 Å². The van der Waals surface area contributed by atoms with Crippen LogP contribution in [0.3, 0.4) is 0 Å². The highest BCUT2D eigenvalue weighted by molar-refractivity contribution is 9.11.